The highest BCUT2D eigenvalue weighted by Crippen LogP contribution is 2.32. The summed E-state index contributed by atoms with van der Waals surface area (Å²) in [5, 5.41) is 9.21. The van der Waals surface area contributed by atoms with Crippen LogP contribution in [-0.4, -0.2) is 22.9 Å². The lowest BCUT2D eigenvalue weighted by Crippen LogP contribution is -2.13. The highest BCUT2D eigenvalue weighted by Gasteiger charge is 2.19. The highest BCUT2D eigenvalue weighted by molar-refractivity contribution is 5.95. The van der Waals surface area contributed by atoms with E-state index in [1.165, 1.54) is 13.2 Å². The second-order valence-electron chi connectivity index (χ2n) is 8.65. The minimum Gasteiger partial charge on any atom is -0.465 e. The molecule has 0 aliphatic rings. The Hall–Kier alpha value is -4.39. The van der Waals surface area contributed by atoms with Crippen molar-refractivity contribution in [3.8, 4) is 11.3 Å². The van der Waals surface area contributed by atoms with Gasteiger partial charge in [-0.15, -0.1) is 0 Å². The van der Waals surface area contributed by atoms with Gasteiger partial charge in [0.25, 0.3) is 0 Å². The minimum atomic E-state index is -0.422. The van der Waals surface area contributed by atoms with Gasteiger partial charge in [0.1, 0.15) is 11.3 Å². The first-order valence-corrected chi connectivity index (χ1v) is 11.3. The van der Waals surface area contributed by atoms with E-state index in [1.54, 1.807) is 23.0 Å². The van der Waals surface area contributed by atoms with Crippen LogP contribution in [-0.2, 0) is 11.8 Å². The number of para-hydroxylation sites is 1. The number of methoxy groups -OCH3 is 1. The second-order valence-corrected chi connectivity index (χ2v) is 8.65. The molecule has 5 aromatic rings. The Labute approximate surface area is 201 Å². The van der Waals surface area contributed by atoms with E-state index in [1.807, 2.05) is 63.4 Å². The van der Waals surface area contributed by atoms with Gasteiger partial charge in [-0.1, -0.05) is 30.3 Å². The highest BCUT2D eigenvalue weighted by atomic mass is 16.5. The Morgan fingerprint density at radius 3 is 2.71 bits per heavy atom. The van der Waals surface area contributed by atoms with Crippen molar-refractivity contribution in [1.82, 2.24) is 9.78 Å². The smallest absolute Gasteiger partial charge is 0.339 e. The number of fused-ring (bicyclic) bond motifs is 2. The van der Waals surface area contributed by atoms with Crippen LogP contribution in [0.5, 0.6) is 0 Å². The van der Waals surface area contributed by atoms with Crippen LogP contribution < -0.4 is 10.7 Å². The van der Waals surface area contributed by atoms with Crippen molar-refractivity contribution >= 4 is 33.5 Å². The van der Waals surface area contributed by atoms with Gasteiger partial charge in [0.2, 0.25) is 0 Å². The predicted molar refractivity (Wildman–Crippen MR) is 137 cm³/mol. The zero-order chi connectivity index (χ0) is 24.7. The van der Waals surface area contributed by atoms with Crippen molar-refractivity contribution in [2.75, 3.05) is 12.4 Å². The molecule has 1 unspecified atom stereocenters. The number of hydrogen-bond donors (Lipinski definition) is 1. The molecule has 0 bridgehead atoms. The molecule has 5 rings (SSSR count). The van der Waals surface area contributed by atoms with E-state index in [9.17, 15) is 9.59 Å². The standard InChI is InChI=1S/C28H25N3O4/c1-16-11-21(17(2)30-23-8-6-5-7-20(23)28(33)34-4)27-22(12-16)25(32)14-26(35-27)18-9-10-19-15-29-31(3)24(19)13-18/h5-15,17,30H,1-4H3. The van der Waals surface area contributed by atoms with Gasteiger partial charge in [-0.3, -0.25) is 9.48 Å². The van der Waals surface area contributed by atoms with E-state index in [0.717, 1.165) is 27.6 Å². The lowest BCUT2D eigenvalue weighted by molar-refractivity contribution is 0.0602. The third-order valence-corrected chi connectivity index (χ3v) is 6.21. The molecule has 0 saturated carbocycles. The average molecular weight is 468 g/mol. The van der Waals surface area contributed by atoms with Gasteiger partial charge in [-0.25, -0.2) is 4.79 Å². The molecule has 2 aromatic heterocycles. The van der Waals surface area contributed by atoms with Crippen LogP contribution in [0.15, 0.2) is 76.1 Å². The number of aromatic nitrogens is 2. The maximum absolute atomic E-state index is 13.2. The number of esters is 1. The number of nitrogens with one attached hydrogen (secondary N) is 1. The summed E-state index contributed by atoms with van der Waals surface area (Å²) in [5.74, 6) is 0.0617. The first-order chi connectivity index (χ1) is 16.9. The fourth-order valence-electron chi connectivity index (χ4n) is 4.40. The van der Waals surface area contributed by atoms with Crippen molar-refractivity contribution < 1.29 is 13.9 Å². The normalized spacial score (nSPS) is 12.1. The molecule has 176 valence electrons. The van der Waals surface area contributed by atoms with E-state index in [4.69, 9.17) is 9.15 Å². The third kappa shape index (κ3) is 4.05. The summed E-state index contributed by atoms with van der Waals surface area (Å²) in [7, 11) is 3.23. The zero-order valence-corrected chi connectivity index (χ0v) is 20.0. The Morgan fingerprint density at radius 2 is 1.91 bits per heavy atom. The number of hydrogen-bond acceptors (Lipinski definition) is 6. The first-order valence-electron chi connectivity index (χ1n) is 11.3. The lowest BCUT2D eigenvalue weighted by atomic mass is 10.00. The maximum Gasteiger partial charge on any atom is 0.339 e. The van der Waals surface area contributed by atoms with E-state index in [-0.39, 0.29) is 11.5 Å². The predicted octanol–water partition coefficient (Wildman–Crippen LogP) is 5.61. The summed E-state index contributed by atoms with van der Waals surface area (Å²) < 4.78 is 13.1. The molecule has 0 fully saturated rings. The van der Waals surface area contributed by atoms with E-state index >= 15 is 0 Å². The monoisotopic (exact) mass is 467 g/mol. The van der Waals surface area contributed by atoms with Crippen LogP contribution in [0.4, 0.5) is 5.69 Å². The number of carbonyl (C=O) groups is 1. The number of aryl methyl sites for hydroxylation is 2. The van der Waals surface area contributed by atoms with Crippen molar-refractivity contribution in [2.24, 2.45) is 7.05 Å². The van der Waals surface area contributed by atoms with E-state index < -0.39 is 5.97 Å². The molecule has 0 spiro atoms. The minimum absolute atomic E-state index is 0.113. The third-order valence-electron chi connectivity index (χ3n) is 6.21. The number of nitrogens with zero attached hydrogens (tertiary/aromatic N) is 2. The van der Waals surface area contributed by atoms with Gasteiger partial charge in [0.15, 0.2) is 5.43 Å². The van der Waals surface area contributed by atoms with Crippen LogP contribution in [0.3, 0.4) is 0 Å². The molecular weight excluding hydrogens is 442 g/mol. The number of ether oxygens (including phenoxy) is 1. The maximum atomic E-state index is 13.2. The fourth-order valence-corrected chi connectivity index (χ4v) is 4.40. The van der Waals surface area contributed by atoms with Gasteiger partial charge in [0, 0.05) is 35.3 Å². The molecule has 0 amide bonds. The van der Waals surface area contributed by atoms with Gasteiger partial charge in [0.05, 0.1) is 35.8 Å². The molecule has 0 saturated heterocycles. The van der Waals surface area contributed by atoms with Crippen LogP contribution in [0.1, 0.15) is 34.5 Å². The van der Waals surface area contributed by atoms with Gasteiger partial charge >= 0.3 is 5.97 Å². The first kappa shape index (κ1) is 22.4. The molecule has 2 heterocycles. The molecule has 0 radical (unpaired) electrons. The molecule has 7 heteroatoms. The summed E-state index contributed by atoms with van der Waals surface area (Å²) in [6.07, 6.45) is 1.80. The zero-order valence-electron chi connectivity index (χ0n) is 20.0. The summed E-state index contributed by atoms with van der Waals surface area (Å²) in [6.45, 7) is 3.92. The number of rotatable bonds is 5. The molecule has 0 aliphatic heterocycles. The molecule has 35 heavy (non-hydrogen) atoms. The van der Waals surface area contributed by atoms with Crippen LogP contribution in [0.2, 0.25) is 0 Å². The van der Waals surface area contributed by atoms with Crippen LogP contribution >= 0.6 is 0 Å². The average Bonchev–Trinajstić information content (AvgIpc) is 3.23. The Morgan fingerprint density at radius 1 is 1.11 bits per heavy atom. The lowest BCUT2D eigenvalue weighted by Gasteiger charge is -2.19. The Bertz CT molecular complexity index is 1650. The molecule has 1 atom stereocenters. The summed E-state index contributed by atoms with van der Waals surface area (Å²) in [5.41, 5.74) is 4.98. The SMILES string of the molecule is COC(=O)c1ccccc1NC(C)c1cc(C)cc2c(=O)cc(-c3ccc4cnn(C)c4c3)oc12. The Kier molecular flexibility index (Phi) is 5.61. The molecule has 0 aliphatic carbocycles. The summed E-state index contributed by atoms with van der Waals surface area (Å²) in [6, 6.07) is 18.1. The molecule has 3 aromatic carbocycles. The van der Waals surface area contributed by atoms with Crippen molar-refractivity contribution in [3.05, 3.63) is 93.8 Å². The molecule has 7 nitrogen and oxygen atoms in total. The molecule has 1 N–H and O–H groups in total. The number of carbonyl (C=O) groups excluding carboxylic acids is 1. The number of anilines is 1. The van der Waals surface area contributed by atoms with E-state index in [0.29, 0.717) is 28.0 Å². The molecular formula is C28H25N3O4. The number of benzene rings is 3. The van der Waals surface area contributed by atoms with Gasteiger partial charge in [-0.2, -0.15) is 5.10 Å². The van der Waals surface area contributed by atoms with Crippen molar-refractivity contribution in [2.45, 2.75) is 19.9 Å². The summed E-state index contributed by atoms with van der Waals surface area (Å²) >= 11 is 0. The van der Waals surface area contributed by atoms with Crippen molar-refractivity contribution in [1.29, 1.82) is 0 Å². The van der Waals surface area contributed by atoms with Gasteiger partial charge < -0.3 is 14.5 Å². The largest absolute Gasteiger partial charge is 0.465 e. The topological polar surface area (TPSA) is 86.4 Å². The summed E-state index contributed by atoms with van der Waals surface area (Å²) in [4.78, 5) is 25.4. The van der Waals surface area contributed by atoms with Crippen molar-refractivity contribution in [3.63, 3.8) is 0 Å². The van der Waals surface area contributed by atoms with E-state index in [2.05, 4.69) is 10.4 Å². The second kappa shape index (κ2) is 8.76. The van der Waals surface area contributed by atoms with Crippen LogP contribution in [0.25, 0.3) is 33.2 Å². The quantitative estimate of drug-likeness (QED) is 0.338. The Balaban J connectivity index is 1.63. The van der Waals surface area contributed by atoms with Gasteiger partial charge in [-0.05, 0) is 43.7 Å². The fraction of sp³-hybridized carbons (Fsp3) is 0.179. The van der Waals surface area contributed by atoms with Crippen LogP contribution in [0, 0.1) is 6.92 Å².